The third-order valence-corrected chi connectivity index (χ3v) is 5.54. The molecule has 0 aromatic carbocycles. The molecule has 7 heteroatoms. The van der Waals surface area contributed by atoms with E-state index in [1.54, 1.807) is 0 Å². The van der Waals surface area contributed by atoms with Gasteiger partial charge in [0.25, 0.3) is 0 Å². The van der Waals surface area contributed by atoms with Gasteiger partial charge in [0.15, 0.2) is 5.65 Å². The van der Waals surface area contributed by atoms with Gasteiger partial charge in [-0.15, -0.1) is 0 Å². The van der Waals surface area contributed by atoms with E-state index >= 15 is 0 Å². The predicted molar refractivity (Wildman–Crippen MR) is 111 cm³/mol. The Morgan fingerprint density at radius 3 is 2.44 bits per heavy atom. The molecule has 0 amide bonds. The monoisotopic (exact) mass is 373 g/mol. The molecule has 1 aliphatic rings. The molecular formula is C20H35N7. The highest BCUT2D eigenvalue weighted by atomic mass is 15.3. The molecule has 1 aliphatic heterocycles. The number of nitrogens with two attached hydrogens (primary N) is 1. The Labute approximate surface area is 163 Å². The zero-order valence-corrected chi connectivity index (χ0v) is 17.4. The lowest BCUT2D eigenvalue weighted by molar-refractivity contribution is 0.0614. The number of unbranched alkanes of at least 4 members (excludes halogenated alkanes) is 1. The maximum Gasteiger partial charge on any atom is 0.222 e. The van der Waals surface area contributed by atoms with Crippen LogP contribution >= 0.6 is 0 Å². The number of aromatic nitrogens is 4. The molecule has 0 bridgehead atoms. The van der Waals surface area contributed by atoms with Crippen LogP contribution in [0.15, 0.2) is 6.20 Å². The molecule has 3 heterocycles. The highest BCUT2D eigenvalue weighted by Gasteiger charge is 2.25. The van der Waals surface area contributed by atoms with Gasteiger partial charge in [0, 0.05) is 44.7 Å². The van der Waals surface area contributed by atoms with E-state index < -0.39 is 0 Å². The molecule has 27 heavy (non-hydrogen) atoms. The molecule has 0 atom stereocenters. The minimum atomic E-state index is 0.276. The molecule has 1 saturated heterocycles. The number of fused-ring (bicyclic) bond motifs is 1. The van der Waals surface area contributed by atoms with Gasteiger partial charge in [-0.05, 0) is 40.2 Å². The zero-order valence-electron chi connectivity index (χ0n) is 17.4. The Morgan fingerprint density at radius 1 is 1.04 bits per heavy atom. The smallest absolute Gasteiger partial charge is 0.222 e. The second kappa shape index (κ2) is 8.52. The highest BCUT2D eigenvalue weighted by Crippen LogP contribution is 2.18. The average molecular weight is 374 g/mol. The fraction of sp³-hybridized carbons (Fsp3) is 0.750. The number of hydrogen-bond donors (Lipinski definition) is 1. The van der Waals surface area contributed by atoms with E-state index in [-0.39, 0.29) is 5.54 Å². The highest BCUT2D eigenvalue weighted by molar-refractivity contribution is 5.71. The van der Waals surface area contributed by atoms with Crippen LogP contribution in [0.5, 0.6) is 0 Å². The van der Waals surface area contributed by atoms with Gasteiger partial charge in [0.1, 0.15) is 11.3 Å². The Balaban J connectivity index is 1.60. The minimum Gasteiger partial charge on any atom is -0.368 e. The summed E-state index contributed by atoms with van der Waals surface area (Å²) in [7, 11) is 0. The van der Waals surface area contributed by atoms with Gasteiger partial charge in [0.2, 0.25) is 5.95 Å². The van der Waals surface area contributed by atoms with Gasteiger partial charge >= 0.3 is 0 Å². The zero-order chi connectivity index (χ0) is 19.4. The summed E-state index contributed by atoms with van der Waals surface area (Å²) in [6, 6.07) is 0. The van der Waals surface area contributed by atoms with Gasteiger partial charge in [0.05, 0.1) is 6.20 Å². The van der Waals surface area contributed by atoms with Crippen LogP contribution in [0, 0.1) is 0 Å². The van der Waals surface area contributed by atoms with Crippen molar-refractivity contribution in [2.24, 2.45) is 0 Å². The summed E-state index contributed by atoms with van der Waals surface area (Å²) >= 11 is 0. The molecule has 1 fully saturated rings. The van der Waals surface area contributed by atoms with Crippen LogP contribution in [-0.4, -0.2) is 67.6 Å². The normalized spacial score (nSPS) is 17.0. The van der Waals surface area contributed by atoms with Gasteiger partial charge in [-0.1, -0.05) is 13.3 Å². The summed E-state index contributed by atoms with van der Waals surface area (Å²) in [5.74, 6) is 1.41. The fourth-order valence-corrected chi connectivity index (χ4v) is 3.84. The first-order valence-electron chi connectivity index (χ1n) is 10.3. The maximum absolute atomic E-state index is 5.74. The summed E-state index contributed by atoms with van der Waals surface area (Å²) in [6.45, 7) is 15.8. The molecule has 2 aromatic heterocycles. The van der Waals surface area contributed by atoms with Crippen molar-refractivity contribution in [3.8, 4) is 0 Å². The lowest BCUT2D eigenvalue weighted by atomic mass is 10.0. The summed E-state index contributed by atoms with van der Waals surface area (Å²) < 4.78 is 2.30. The molecule has 0 radical (unpaired) electrons. The largest absolute Gasteiger partial charge is 0.368 e. The first-order chi connectivity index (χ1) is 12.9. The van der Waals surface area contributed by atoms with Crippen LogP contribution in [0.25, 0.3) is 11.2 Å². The molecule has 150 valence electrons. The number of anilines is 1. The fourth-order valence-electron chi connectivity index (χ4n) is 3.84. The molecule has 7 nitrogen and oxygen atoms in total. The van der Waals surface area contributed by atoms with E-state index in [9.17, 15) is 0 Å². The first kappa shape index (κ1) is 20.0. The number of piperazine rings is 1. The van der Waals surface area contributed by atoms with E-state index in [0.717, 1.165) is 81.9 Å². The molecule has 0 aliphatic carbocycles. The van der Waals surface area contributed by atoms with Crippen LogP contribution in [0.1, 0.15) is 52.8 Å². The molecular weight excluding hydrogens is 338 g/mol. The van der Waals surface area contributed by atoms with Crippen molar-refractivity contribution >= 4 is 17.1 Å². The van der Waals surface area contributed by atoms with Crippen molar-refractivity contribution in [3.63, 3.8) is 0 Å². The van der Waals surface area contributed by atoms with Gasteiger partial charge in [-0.25, -0.2) is 9.97 Å². The molecule has 0 unspecified atom stereocenters. The van der Waals surface area contributed by atoms with E-state index in [1.165, 1.54) is 0 Å². The Morgan fingerprint density at radius 2 is 1.78 bits per heavy atom. The van der Waals surface area contributed by atoms with Crippen molar-refractivity contribution in [1.29, 1.82) is 0 Å². The van der Waals surface area contributed by atoms with Crippen LogP contribution in [0.3, 0.4) is 0 Å². The molecule has 3 rings (SSSR count). The van der Waals surface area contributed by atoms with E-state index in [1.807, 2.05) is 6.20 Å². The second-order valence-corrected chi connectivity index (χ2v) is 8.57. The number of nitrogens with zero attached hydrogens (tertiary/aromatic N) is 6. The van der Waals surface area contributed by atoms with Gasteiger partial charge in [-0.2, -0.15) is 4.98 Å². The number of imidazole rings is 1. The number of rotatable bonds is 7. The molecule has 2 aromatic rings. The molecule has 0 spiro atoms. The van der Waals surface area contributed by atoms with Gasteiger partial charge in [-0.3, -0.25) is 4.90 Å². The van der Waals surface area contributed by atoms with Crippen molar-refractivity contribution < 1.29 is 0 Å². The number of aryl methyl sites for hydroxylation is 2. The van der Waals surface area contributed by atoms with E-state index in [4.69, 9.17) is 10.7 Å². The van der Waals surface area contributed by atoms with Crippen molar-refractivity contribution in [1.82, 2.24) is 29.3 Å². The minimum absolute atomic E-state index is 0.276. The lowest BCUT2D eigenvalue weighted by Gasteiger charge is -2.42. The summed E-state index contributed by atoms with van der Waals surface area (Å²) in [4.78, 5) is 18.4. The quantitative estimate of drug-likeness (QED) is 0.804. The van der Waals surface area contributed by atoms with Crippen molar-refractivity contribution in [2.75, 3.05) is 38.5 Å². The van der Waals surface area contributed by atoms with Crippen molar-refractivity contribution in [2.45, 2.75) is 65.5 Å². The topological polar surface area (TPSA) is 76.1 Å². The van der Waals surface area contributed by atoms with Crippen LogP contribution in [0.4, 0.5) is 5.95 Å². The SMILES string of the molecule is CCCCc1nc2nc(N)ncc2n1CCCN1CCN(C(C)(C)C)CC1. The number of nitrogen functional groups attached to an aromatic ring is 1. The lowest BCUT2D eigenvalue weighted by Crippen LogP contribution is -2.53. The Hall–Kier alpha value is -1.73. The van der Waals surface area contributed by atoms with Crippen LogP contribution < -0.4 is 5.73 Å². The standard InChI is InChI=1S/C20H35N7/c1-5-6-8-17-23-18-16(15-22-19(21)24-18)27(17)10-7-9-25-11-13-26(14-12-25)20(2,3)4/h15H,5-14H2,1-4H3,(H2,21,22,24). The van der Waals surface area contributed by atoms with Crippen LogP contribution in [-0.2, 0) is 13.0 Å². The summed E-state index contributed by atoms with van der Waals surface area (Å²) in [5, 5.41) is 0. The predicted octanol–water partition coefficient (Wildman–Crippen LogP) is 2.56. The molecule has 0 saturated carbocycles. The average Bonchev–Trinajstić information content (AvgIpc) is 2.96. The Bertz CT molecular complexity index is 739. The summed E-state index contributed by atoms with van der Waals surface area (Å²) in [6.07, 6.45) is 6.22. The third-order valence-electron chi connectivity index (χ3n) is 5.54. The Kier molecular flexibility index (Phi) is 6.32. The third kappa shape index (κ3) is 4.96. The summed E-state index contributed by atoms with van der Waals surface area (Å²) in [5.41, 5.74) is 7.75. The molecule has 2 N–H and O–H groups in total. The number of hydrogen-bond acceptors (Lipinski definition) is 6. The first-order valence-corrected chi connectivity index (χ1v) is 10.3. The maximum atomic E-state index is 5.74. The second-order valence-electron chi connectivity index (χ2n) is 8.57. The van der Waals surface area contributed by atoms with E-state index in [0.29, 0.717) is 5.95 Å². The van der Waals surface area contributed by atoms with Crippen molar-refractivity contribution in [3.05, 3.63) is 12.0 Å². The van der Waals surface area contributed by atoms with Gasteiger partial charge < -0.3 is 15.2 Å². The van der Waals surface area contributed by atoms with E-state index in [2.05, 4.69) is 52.0 Å². The van der Waals surface area contributed by atoms with Crippen LogP contribution in [0.2, 0.25) is 0 Å².